The third-order valence-electron chi connectivity index (χ3n) is 3.67. The Hall–Kier alpha value is -2.86. The predicted molar refractivity (Wildman–Crippen MR) is 83.0 cm³/mol. The van der Waals surface area contributed by atoms with E-state index < -0.39 is 23.5 Å². The van der Waals surface area contributed by atoms with Crippen molar-refractivity contribution in [3.63, 3.8) is 0 Å². The summed E-state index contributed by atoms with van der Waals surface area (Å²) >= 11 is 0. The Morgan fingerprint density at radius 2 is 1.74 bits per heavy atom. The number of esters is 1. The third kappa shape index (κ3) is 4.55. The van der Waals surface area contributed by atoms with Crippen molar-refractivity contribution in [1.29, 1.82) is 10.5 Å². The second-order valence-corrected chi connectivity index (χ2v) is 5.69. The van der Waals surface area contributed by atoms with E-state index in [1.807, 2.05) is 19.9 Å². The molecule has 0 aliphatic carbocycles. The Morgan fingerprint density at radius 1 is 1.17 bits per heavy atom. The average Bonchev–Trinajstić information content (AvgIpc) is 2.54. The molecule has 0 spiro atoms. The molecule has 120 valence electrons. The Labute approximate surface area is 135 Å². The highest BCUT2D eigenvalue weighted by Crippen LogP contribution is 2.16. The zero-order valence-corrected chi connectivity index (χ0v) is 13.6. The fraction of sp³-hybridized carbons (Fsp3) is 0.412. The van der Waals surface area contributed by atoms with E-state index in [1.54, 1.807) is 6.92 Å². The van der Waals surface area contributed by atoms with E-state index in [4.69, 9.17) is 10.00 Å². The summed E-state index contributed by atoms with van der Waals surface area (Å²) in [7, 11) is 0. The molecule has 1 rings (SSSR count). The molecule has 0 aliphatic heterocycles. The smallest absolute Gasteiger partial charge is 0.338 e. The van der Waals surface area contributed by atoms with E-state index in [0.29, 0.717) is 5.56 Å². The second kappa shape index (κ2) is 7.42. The first-order chi connectivity index (χ1) is 10.7. The number of benzene rings is 1. The quantitative estimate of drug-likeness (QED) is 0.839. The number of amides is 1. The van der Waals surface area contributed by atoms with Crippen molar-refractivity contribution >= 4 is 11.9 Å². The van der Waals surface area contributed by atoms with Crippen molar-refractivity contribution in [2.75, 3.05) is 0 Å². The van der Waals surface area contributed by atoms with Crippen LogP contribution >= 0.6 is 0 Å². The molecule has 6 heteroatoms. The van der Waals surface area contributed by atoms with E-state index in [-0.39, 0.29) is 11.5 Å². The van der Waals surface area contributed by atoms with Crippen molar-refractivity contribution < 1.29 is 14.3 Å². The van der Waals surface area contributed by atoms with Gasteiger partial charge in [-0.1, -0.05) is 13.8 Å². The molecule has 1 N–H and O–H groups in total. The summed E-state index contributed by atoms with van der Waals surface area (Å²) in [6.45, 7) is 6.69. The van der Waals surface area contributed by atoms with Crippen LogP contribution in [0.15, 0.2) is 24.3 Å². The number of nitrogens with one attached hydrogen (secondary N) is 1. The normalized spacial score (nSPS) is 14.0. The van der Waals surface area contributed by atoms with Gasteiger partial charge in [0.1, 0.15) is 5.54 Å². The second-order valence-electron chi connectivity index (χ2n) is 5.69. The maximum atomic E-state index is 12.1. The first-order valence-corrected chi connectivity index (χ1v) is 7.18. The first kappa shape index (κ1) is 18.2. The molecule has 0 heterocycles. The zero-order chi connectivity index (χ0) is 17.6. The summed E-state index contributed by atoms with van der Waals surface area (Å²) in [5, 5.41) is 20.5. The number of hydrogen-bond acceptors (Lipinski definition) is 5. The van der Waals surface area contributed by atoms with Crippen LogP contribution in [-0.4, -0.2) is 23.5 Å². The molecular weight excluding hydrogens is 294 g/mol. The van der Waals surface area contributed by atoms with Crippen LogP contribution in [0.5, 0.6) is 0 Å². The van der Waals surface area contributed by atoms with E-state index in [2.05, 4.69) is 11.4 Å². The third-order valence-corrected chi connectivity index (χ3v) is 3.67. The molecule has 1 aromatic carbocycles. The van der Waals surface area contributed by atoms with Crippen LogP contribution in [0.4, 0.5) is 0 Å². The summed E-state index contributed by atoms with van der Waals surface area (Å²) in [4.78, 5) is 24.1. The minimum atomic E-state index is -1.04. The number of carbonyl (C=O) groups excluding carboxylic acids is 2. The van der Waals surface area contributed by atoms with Gasteiger partial charge in [0.15, 0.2) is 6.10 Å². The number of rotatable bonds is 5. The number of nitriles is 2. The summed E-state index contributed by atoms with van der Waals surface area (Å²) in [6.07, 6.45) is -1.04. The van der Waals surface area contributed by atoms with Crippen LogP contribution < -0.4 is 5.32 Å². The summed E-state index contributed by atoms with van der Waals surface area (Å²) in [5.41, 5.74) is -0.365. The van der Waals surface area contributed by atoms with Gasteiger partial charge in [-0.2, -0.15) is 10.5 Å². The van der Waals surface area contributed by atoms with Crippen LogP contribution in [0.2, 0.25) is 0 Å². The lowest BCUT2D eigenvalue weighted by Gasteiger charge is -2.28. The molecule has 0 saturated heterocycles. The van der Waals surface area contributed by atoms with Gasteiger partial charge in [-0.25, -0.2) is 4.79 Å². The minimum Gasteiger partial charge on any atom is -0.449 e. The molecule has 0 unspecified atom stereocenters. The van der Waals surface area contributed by atoms with Gasteiger partial charge in [-0.3, -0.25) is 4.79 Å². The summed E-state index contributed by atoms with van der Waals surface area (Å²) in [5.74, 6) is -1.30. The summed E-state index contributed by atoms with van der Waals surface area (Å²) in [6, 6.07) is 9.91. The Balaban J connectivity index is 2.73. The van der Waals surface area contributed by atoms with Crippen LogP contribution in [0.25, 0.3) is 0 Å². The van der Waals surface area contributed by atoms with Gasteiger partial charge in [0.25, 0.3) is 5.91 Å². The number of ether oxygens (including phenoxy) is 1. The Bertz CT molecular complexity index is 668. The highest BCUT2D eigenvalue weighted by Gasteiger charge is 2.32. The molecule has 0 aliphatic rings. The fourth-order valence-electron chi connectivity index (χ4n) is 1.62. The van der Waals surface area contributed by atoms with Gasteiger partial charge in [-0.05, 0) is 44.0 Å². The molecule has 0 fully saturated rings. The molecule has 1 aromatic rings. The summed E-state index contributed by atoms with van der Waals surface area (Å²) < 4.78 is 5.10. The molecule has 0 bridgehead atoms. The SMILES string of the molecule is CC(C)[C@](C)(C#N)NC(=O)[C@H](C)OC(=O)c1ccc(C#N)cc1. The van der Waals surface area contributed by atoms with Crippen molar-refractivity contribution in [1.82, 2.24) is 5.32 Å². The lowest BCUT2D eigenvalue weighted by molar-refractivity contribution is -0.130. The van der Waals surface area contributed by atoms with E-state index >= 15 is 0 Å². The average molecular weight is 313 g/mol. The van der Waals surface area contributed by atoms with Crippen molar-refractivity contribution in [3.05, 3.63) is 35.4 Å². The molecule has 2 atom stereocenters. The van der Waals surface area contributed by atoms with Crippen LogP contribution in [0.1, 0.15) is 43.6 Å². The largest absolute Gasteiger partial charge is 0.449 e. The number of nitrogens with zero attached hydrogens (tertiary/aromatic N) is 2. The highest BCUT2D eigenvalue weighted by atomic mass is 16.5. The van der Waals surface area contributed by atoms with Gasteiger partial charge in [0.2, 0.25) is 0 Å². The maximum Gasteiger partial charge on any atom is 0.338 e. The fourth-order valence-corrected chi connectivity index (χ4v) is 1.62. The topological polar surface area (TPSA) is 103 Å². The van der Waals surface area contributed by atoms with Crippen molar-refractivity contribution in [3.8, 4) is 12.1 Å². The van der Waals surface area contributed by atoms with E-state index in [0.717, 1.165) is 0 Å². The monoisotopic (exact) mass is 313 g/mol. The zero-order valence-electron chi connectivity index (χ0n) is 13.6. The molecule has 0 aromatic heterocycles. The molecular formula is C17H19N3O3. The van der Waals surface area contributed by atoms with Gasteiger partial charge in [-0.15, -0.1) is 0 Å². The molecule has 23 heavy (non-hydrogen) atoms. The van der Waals surface area contributed by atoms with Crippen molar-refractivity contribution in [2.24, 2.45) is 5.92 Å². The molecule has 6 nitrogen and oxygen atoms in total. The lowest BCUT2D eigenvalue weighted by Crippen LogP contribution is -2.52. The number of hydrogen-bond donors (Lipinski definition) is 1. The van der Waals surface area contributed by atoms with Crippen molar-refractivity contribution in [2.45, 2.75) is 39.3 Å². The van der Waals surface area contributed by atoms with Gasteiger partial charge >= 0.3 is 5.97 Å². The molecule has 0 saturated carbocycles. The van der Waals surface area contributed by atoms with E-state index in [9.17, 15) is 14.9 Å². The van der Waals surface area contributed by atoms with Gasteiger partial charge in [0, 0.05) is 0 Å². The first-order valence-electron chi connectivity index (χ1n) is 7.18. The predicted octanol–water partition coefficient (Wildman–Crippen LogP) is 2.16. The molecule has 0 radical (unpaired) electrons. The van der Waals surface area contributed by atoms with E-state index in [1.165, 1.54) is 31.2 Å². The van der Waals surface area contributed by atoms with Gasteiger partial charge in [0.05, 0.1) is 23.3 Å². The molecule has 1 amide bonds. The number of carbonyl (C=O) groups is 2. The Morgan fingerprint density at radius 3 is 2.17 bits per heavy atom. The minimum absolute atomic E-state index is 0.0992. The highest BCUT2D eigenvalue weighted by molar-refractivity contribution is 5.92. The Kier molecular flexibility index (Phi) is 5.87. The maximum absolute atomic E-state index is 12.1. The van der Waals surface area contributed by atoms with Crippen LogP contribution in [0.3, 0.4) is 0 Å². The van der Waals surface area contributed by atoms with Crippen LogP contribution in [0, 0.1) is 28.6 Å². The van der Waals surface area contributed by atoms with Crippen LogP contribution in [-0.2, 0) is 9.53 Å². The lowest BCUT2D eigenvalue weighted by atomic mass is 9.90. The van der Waals surface area contributed by atoms with Gasteiger partial charge < -0.3 is 10.1 Å². The standard InChI is InChI=1S/C17H19N3O3/c1-11(2)17(4,10-19)20-15(21)12(3)23-16(22)14-7-5-13(9-18)6-8-14/h5-8,11-12H,1-4H3,(H,20,21)/t12-,17-/m0/s1.